The van der Waals surface area contributed by atoms with E-state index in [-0.39, 0.29) is 0 Å². The summed E-state index contributed by atoms with van der Waals surface area (Å²) in [6.07, 6.45) is 0. The summed E-state index contributed by atoms with van der Waals surface area (Å²) in [5.41, 5.74) is 0.494. The lowest BCUT2D eigenvalue weighted by atomic mass is 9.81. The first-order chi connectivity index (χ1) is 4.30. The van der Waals surface area contributed by atoms with Gasteiger partial charge in [-0.25, -0.2) is 0 Å². The van der Waals surface area contributed by atoms with Crippen LogP contribution in [-0.2, 0) is 0 Å². The Labute approximate surface area is 53.9 Å². The van der Waals surface area contributed by atoms with Crippen LogP contribution in [0.15, 0.2) is 24.3 Å². The average molecular weight is 121 g/mol. The summed E-state index contributed by atoms with van der Waals surface area (Å²) < 4.78 is 0. The van der Waals surface area contributed by atoms with Crippen LogP contribution in [0, 0.1) is 6.07 Å². The molecule has 0 aliphatic rings. The minimum absolute atomic E-state index is 0.494. The fourth-order valence-corrected chi connectivity index (χ4v) is 0.572. The lowest BCUT2D eigenvalue weighted by molar-refractivity contribution is 0.426. The first-order valence-corrected chi connectivity index (χ1v) is 2.63. The van der Waals surface area contributed by atoms with Gasteiger partial charge in [-0.15, -0.1) is 0 Å². The molecule has 1 radical (unpaired) electrons. The van der Waals surface area contributed by atoms with Crippen LogP contribution in [0.4, 0.5) is 0 Å². The molecule has 0 spiro atoms. The second-order valence-electron chi connectivity index (χ2n) is 1.71. The summed E-state index contributed by atoms with van der Waals surface area (Å²) in [5.74, 6) is 0. The minimum Gasteiger partial charge on any atom is -0.423 e. The molecule has 0 fully saturated rings. The van der Waals surface area contributed by atoms with Crippen molar-refractivity contribution in [2.45, 2.75) is 0 Å². The Morgan fingerprint density at radius 2 is 1.78 bits per heavy atom. The molecule has 2 nitrogen and oxygen atoms in total. The molecule has 0 aliphatic heterocycles. The Hall–Kier alpha value is -0.795. The lowest BCUT2D eigenvalue weighted by Gasteiger charge is -1.94. The number of benzene rings is 1. The minimum atomic E-state index is -1.36. The number of rotatable bonds is 1. The van der Waals surface area contributed by atoms with Gasteiger partial charge in [-0.1, -0.05) is 24.3 Å². The van der Waals surface area contributed by atoms with Gasteiger partial charge in [0.15, 0.2) is 0 Å². The first-order valence-electron chi connectivity index (χ1n) is 2.63. The highest BCUT2D eigenvalue weighted by Gasteiger charge is 2.07. The van der Waals surface area contributed by atoms with Crippen LogP contribution in [0.1, 0.15) is 0 Å². The van der Waals surface area contributed by atoms with Crippen LogP contribution in [0.25, 0.3) is 0 Å². The highest BCUT2D eigenvalue weighted by molar-refractivity contribution is 6.58. The van der Waals surface area contributed by atoms with Crippen LogP contribution >= 0.6 is 0 Å². The maximum Gasteiger partial charge on any atom is 0.488 e. The molecular formula is C6H6BO2. The van der Waals surface area contributed by atoms with Crippen molar-refractivity contribution in [1.82, 2.24) is 0 Å². The zero-order chi connectivity index (χ0) is 6.69. The normalized spacial score (nSPS) is 9.11. The van der Waals surface area contributed by atoms with E-state index < -0.39 is 7.12 Å². The maximum atomic E-state index is 8.57. The molecule has 0 aromatic heterocycles. The second kappa shape index (κ2) is 2.66. The van der Waals surface area contributed by atoms with E-state index in [1.807, 2.05) is 0 Å². The molecule has 0 bridgehead atoms. The van der Waals surface area contributed by atoms with Crippen molar-refractivity contribution in [2.24, 2.45) is 0 Å². The van der Waals surface area contributed by atoms with Crippen LogP contribution in [0.5, 0.6) is 0 Å². The molecule has 1 aromatic carbocycles. The third-order valence-electron chi connectivity index (χ3n) is 1.04. The van der Waals surface area contributed by atoms with E-state index in [4.69, 9.17) is 10.0 Å². The predicted octanol–water partition coefficient (Wildman–Crippen LogP) is -0.833. The summed E-state index contributed by atoms with van der Waals surface area (Å²) in [4.78, 5) is 0. The molecule has 2 N–H and O–H groups in total. The van der Waals surface area contributed by atoms with E-state index in [1.165, 1.54) is 0 Å². The molecule has 0 unspecified atom stereocenters. The zero-order valence-corrected chi connectivity index (χ0v) is 4.78. The fraction of sp³-hybridized carbons (Fsp3) is 0. The van der Waals surface area contributed by atoms with Gasteiger partial charge in [0.25, 0.3) is 0 Å². The quantitative estimate of drug-likeness (QED) is 0.476. The lowest BCUT2D eigenvalue weighted by Crippen LogP contribution is -2.29. The van der Waals surface area contributed by atoms with Crippen molar-refractivity contribution in [3.8, 4) is 0 Å². The van der Waals surface area contributed by atoms with Crippen LogP contribution in [0.2, 0.25) is 0 Å². The van der Waals surface area contributed by atoms with Crippen molar-refractivity contribution < 1.29 is 10.0 Å². The third kappa shape index (κ3) is 1.55. The zero-order valence-electron chi connectivity index (χ0n) is 4.78. The SMILES string of the molecule is OB(O)c1cc[c]cc1. The molecule has 0 atom stereocenters. The van der Waals surface area contributed by atoms with Crippen molar-refractivity contribution >= 4 is 12.6 Å². The van der Waals surface area contributed by atoms with Crippen molar-refractivity contribution in [1.29, 1.82) is 0 Å². The number of hydrogen-bond donors (Lipinski definition) is 2. The van der Waals surface area contributed by atoms with Gasteiger partial charge < -0.3 is 10.0 Å². The van der Waals surface area contributed by atoms with Crippen molar-refractivity contribution in [3.63, 3.8) is 0 Å². The van der Waals surface area contributed by atoms with Gasteiger partial charge in [-0.05, 0) is 11.5 Å². The van der Waals surface area contributed by atoms with E-state index in [1.54, 1.807) is 24.3 Å². The molecule has 0 heterocycles. The van der Waals surface area contributed by atoms with Gasteiger partial charge in [-0.2, -0.15) is 0 Å². The summed E-state index contributed by atoms with van der Waals surface area (Å²) in [6.45, 7) is 0. The summed E-state index contributed by atoms with van der Waals surface area (Å²) in [6, 6.07) is 9.24. The summed E-state index contributed by atoms with van der Waals surface area (Å²) in [5, 5.41) is 17.1. The van der Waals surface area contributed by atoms with Crippen molar-refractivity contribution in [2.75, 3.05) is 0 Å². The molecule has 0 saturated heterocycles. The maximum absolute atomic E-state index is 8.57. The van der Waals surface area contributed by atoms with E-state index in [0.717, 1.165) is 0 Å². The largest absolute Gasteiger partial charge is 0.488 e. The predicted molar refractivity (Wildman–Crippen MR) is 35.1 cm³/mol. The van der Waals surface area contributed by atoms with Gasteiger partial charge >= 0.3 is 7.12 Å². The first kappa shape index (κ1) is 6.33. The van der Waals surface area contributed by atoms with Crippen molar-refractivity contribution in [3.05, 3.63) is 30.3 Å². The molecule has 0 amide bonds. The van der Waals surface area contributed by atoms with E-state index in [9.17, 15) is 0 Å². The Balaban J connectivity index is 2.85. The van der Waals surface area contributed by atoms with Gasteiger partial charge in [0.1, 0.15) is 0 Å². The molecule has 45 valence electrons. The third-order valence-corrected chi connectivity index (χ3v) is 1.04. The average Bonchev–Trinajstić information content (AvgIpc) is 1.90. The van der Waals surface area contributed by atoms with Gasteiger partial charge in [0.2, 0.25) is 0 Å². The molecule has 3 heteroatoms. The standard InChI is InChI=1S/C6H6BO2/c8-7(9)6-4-2-1-3-5-6/h2-5,8-9H. The van der Waals surface area contributed by atoms with E-state index >= 15 is 0 Å². The molecule has 9 heavy (non-hydrogen) atoms. The second-order valence-corrected chi connectivity index (χ2v) is 1.71. The van der Waals surface area contributed by atoms with Crippen LogP contribution in [0.3, 0.4) is 0 Å². The van der Waals surface area contributed by atoms with Gasteiger partial charge in [-0.3, -0.25) is 0 Å². The van der Waals surface area contributed by atoms with Crippen LogP contribution < -0.4 is 5.46 Å². The summed E-state index contributed by atoms with van der Waals surface area (Å²) >= 11 is 0. The molecule has 0 saturated carbocycles. The molecular weight excluding hydrogens is 115 g/mol. The van der Waals surface area contributed by atoms with Gasteiger partial charge in [0.05, 0.1) is 0 Å². The highest BCUT2D eigenvalue weighted by atomic mass is 16.4. The van der Waals surface area contributed by atoms with E-state index in [0.29, 0.717) is 5.46 Å². The Kier molecular flexibility index (Phi) is 1.87. The Morgan fingerprint density at radius 1 is 1.22 bits per heavy atom. The molecule has 1 aromatic rings. The Morgan fingerprint density at radius 3 is 2.11 bits per heavy atom. The monoisotopic (exact) mass is 121 g/mol. The topological polar surface area (TPSA) is 40.5 Å². The van der Waals surface area contributed by atoms with E-state index in [2.05, 4.69) is 6.07 Å². The smallest absolute Gasteiger partial charge is 0.423 e. The fourth-order valence-electron chi connectivity index (χ4n) is 0.572. The number of hydrogen-bond acceptors (Lipinski definition) is 2. The van der Waals surface area contributed by atoms with Gasteiger partial charge in [0, 0.05) is 0 Å². The molecule has 0 aliphatic carbocycles. The molecule has 1 rings (SSSR count). The summed E-state index contributed by atoms with van der Waals surface area (Å²) in [7, 11) is -1.36. The highest BCUT2D eigenvalue weighted by Crippen LogP contribution is 1.81. The van der Waals surface area contributed by atoms with Crippen LogP contribution in [-0.4, -0.2) is 17.2 Å². The Bertz CT molecular complexity index is 174.